The lowest BCUT2D eigenvalue weighted by atomic mass is 10.4. The summed E-state index contributed by atoms with van der Waals surface area (Å²) in [5.41, 5.74) is 0.919. The van der Waals surface area contributed by atoms with E-state index in [4.69, 9.17) is 4.74 Å². The van der Waals surface area contributed by atoms with Gasteiger partial charge >= 0.3 is 0 Å². The number of hydrogen-bond donors (Lipinski definition) is 0. The first kappa shape index (κ1) is 12.5. The Morgan fingerprint density at radius 1 is 1.69 bits per heavy atom. The third kappa shape index (κ3) is 3.53. The van der Waals surface area contributed by atoms with Gasteiger partial charge in [0, 0.05) is 18.2 Å². The maximum absolute atomic E-state index is 10.6. The Morgan fingerprint density at radius 3 is 2.50 bits per heavy atom. The van der Waals surface area contributed by atoms with Gasteiger partial charge in [0.1, 0.15) is 6.61 Å². The van der Waals surface area contributed by atoms with Crippen molar-refractivity contribution in [2.24, 2.45) is 4.99 Å². The van der Waals surface area contributed by atoms with E-state index in [0.717, 1.165) is 31.2 Å². The highest BCUT2D eigenvalue weighted by molar-refractivity contribution is 5.93. The Hall–Kier alpha value is -1.58. The maximum atomic E-state index is 10.6. The van der Waals surface area contributed by atoms with E-state index in [1.807, 2.05) is 13.8 Å². The minimum Gasteiger partial charge on any atom is -0.476 e. The molecule has 0 aliphatic carbocycles. The van der Waals surface area contributed by atoms with Gasteiger partial charge < -0.3 is 9.64 Å². The molecule has 0 bridgehead atoms. The minimum atomic E-state index is 0.0532. The van der Waals surface area contributed by atoms with Crippen molar-refractivity contribution in [2.45, 2.75) is 19.9 Å². The van der Waals surface area contributed by atoms with Gasteiger partial charge in [-0.25, -0.2) is 4.99 Å². The minimum absolute atomic E-state index is 0.0532. The summed E-state index contributed by atoms with van der Waals surface area (Å²) in [4.78, 5) is 16.4. The number of carbonyl (C=O) groups is 1. The highest BCUT2D eigenvalue weighted by Gasteiger charge is 2.31. The normalized spacial score (nSPS) is 21.2. The monoisotopic (exact) mass is 222 g/mol. The average molecular weight is 222 g/mol. The molecule has 1 fully saturated rings. The molecule has 4 nitrogen and oxygen atoms in total. The quantitative estimate of drug-likeness (QED) is 0.523. The molecule has 4 heteroatoms. The van der Waals surface area contributed by atoms with Crippen molar-refractivity contribution in [3.8, 4) is 0 Å². The topological polar surface area (TPSA) is 41.7 Å². The first-order valence-corrected chi connectivity index (χ1v) is 5.32. The molecule has 1 amide bonds. The first-order chi connectivity index (χ1) is 7.56. The van der Waals surface area contributed by atoms with Crippen molar-refractivity contribution in [1.82, 2.24) is 4.90 Å². The molecule has 2 aliphatic heterocycles. The second-order valence-corrected chi connectivity index (χ2v) is 3.86. The van der Waals surface area contributed by atoms with Crippen molar-refractivity contribution in [2.75, 3.05) is 19.7 Å². The SMILES string of the molecule is C=C(C)C1=NCCO1.C=CC(=O)N1CC1C. The molecule has 0 spiro atoms. The second kappa shape index (κ2) is 5.49. The summed E-state index contributed by atoms with van der Waals surface area (Å²) in [5, 5.41) is 0. The van der Waals surface area contributed by atoms with E-state index in [0.29, 0.717) is 6.04 Å². The second-order valence-electron chi connectivity index (χ2n) is 3.86. The molecular formula is C12H18N2O2. The highest BCUT2D eigenvalue weighted by atomic mass is 16.5. The zero-order valence-corrected chi connectivity index (χ0v) is 9.90. The van der Waals surface area contributed by atoms with Gasteiger partial charge in [-0.05, 0) is 19.9 Å². The molecule has 1 saturated heterocycles. The molecule has 0 aromatic rings. The Kier molecular flexibility index (Phi) is 4.28. The number of amides is 1. The Labute approximate surface area is 96.3 Å². The average Bonchev–Trinajstić information content (AvgIpc) is 2.80. The number of ether oxygens (including phenoxy) is 1. The molecule has 2 heterocycles. The number of rotatable bonds is 2. The van der Waals surface area contributed by atoms with Gasteiger partial charge in [-0.1, -0.05) is 13.2 Å². The lowest BCUT2D eigenvalue weighted by Crippen LogP contribution is -2.07. The lowest BCUT2D eigenvalue weighted by Gasteiger charge is -1.95. The van der Waals surface area contributed by atoms with Crippen LogP contribution in [-0.2, 0) is 9.53 Å². The van der Waals surface area contributed by atoms with Crippen LogP contribution >= 0.6 is 0 Å². The number of aliphatic imine (C=N–C) groups is 1. The van der Waals surface area contributed by atoms with Crippen molar-refractivity contribution in [3.63, 3.8) is 0 Å². The van der Waals surface area contributed by atoms with Gasteiger partial charge in [-0.15, -0.1) is 0 Å². The summed E-state index contributed by atoms with van der Waals surface area (Å²) in [6, 6.07) is 0.459. The van der Waals surface area contributed by atoms with Gasteiger partial charge in [0.15, 0.2) is 0 Å². The fraction of sp³-hybridized carbons (Fsp3) is 0.500. The molecule has 1 unspecified atom stereocenters. The molecule has 2 rings (SSSR count). The molecule has 1 atom stereocenters. The third-order valence-corrected chi connectivity index (χ3v) is 2.27. The Morgan fingerprint density at radius 2 is 2.31 bits per heavy atom. The van der Waals surface area contributed by atoms with Gasteiger partial charge in [0.25, 0.3) is 0 Å². The molecule has 0 aromatic carbocycles. The highest BCUT2D eigenvalue weighted by Crippen LogP contribution is 2.15. The number of nitrogens with zero attached hydrogens (tertiary/aromatic N) is 2. The van der Waals surface area contributed by atoms with Gasteiger partial charge in [0.05, 0.1) is 6.54 Å². The van der Waals surface area contributed by atoms with Crippen LogP contribution < -0.4 is 0 Å². The van der Waals surface area contributed by atoms with Crippen molar-refractivity contribution >= 4 is 11.8 Å². The van der Waals surface area contributed by atoms with Crippen LogP contribution in [0.1, 0.15) is 13.8 Å². The molecule has 0 radical (unpaired) electrons. The molecule has 0 N–H and O–H groups in total. The zero-order chi connectivity index (χ0) is 12.1. The van der Waals surface area contributed by atoms with Gasteiger partial charge in [-0.2, -0.15) is 0 Å². The fourth-order valence-electron chi connectivity index (χ4n) is 1.26. The van der Waals surface area contributed by atoms with E-state index in [1.54, 1.807) is 4.90 Å². The van der Waals surface area contributed by atoms with Crippen LogP contribution in [0, 0.1) is 0 Å². The van der Waals surface area contributed by atoms with E-state index in [1.165, 1.54) is 6.08 Å². The summed E-state index contributed by atoms with van der Waals surface area (Å²) in [5.74, 6) is 0.780. The van der Waals surface area contributed by atoms with Crippen LogP contribution in [0.5, 0.6) is 0 Å². The standard InChI is InChI=1S/2C6H9NO/c1-5(2)6-7-3-4-8-6;1-3-6(8)7-4-5(7)2/h1,3-4H2,2H3;3,5H,1,4H2,2H3. The van der Waals surface area contributed by atoms with Crippen LogP contribution in [0.15, 0.2) is 29.8 Å². The van der Waals surface area contributed by atoms with Crippen molar-refractivity contribution in [1.29, 1.82) is 0 Å². The largest absolute Gasteiger partial charge is 0.476 e. The summed E-state index contributed by atoms with van der Waals surface area (Å²) >= 11 is 0. The van der Waals surface area contributed by atoms with E-state index < -0.39 is 0 Å². The maximum Gasteiger partial charge on any atom is 0.246 e. The van der Waals surface area contributed by atoms with Crippen LogP contribution in [-0.4, -0.2) is 42.4 Å². The molecule has 16 heavy (non-hydrogen) atoms. The van der Waals surface area contributed by atoms with Crippen LogP contribution in [0.2, 0.25) is 0 Å². The van der Waals surface area contributed by atoms with Gasteiger partial charge in [-0.3, -0.25) is 4.79 Å². The molecule has 2 aliphatic rings. The van der Waals surface area contributed by atoms with Crippen LogP contribution in [0.4, 0.5) is 0 Å². The zero-order valence-electron chi connectivity index (χ0n) is 9.90. The predicted molar refractivity (Wildman–Crippen MR) is 64.4 cm³/mol. The van der Waals surface area contributed by atoms with E-state index in [-0.39, 0.29) is 5.91 Å². The van der Waals surface area contributed by atoms with Crippen LogP contribution in [0.3, 0.4) is 0 Å². The summed E-state index contributed by atoms with van der Waals surface area (Å²) < 4.78 is 5.06. The third-order valence-electron chi connectivity index (χ3n) is 2.27. The number of carbonyl (C=O) groups excluding carboxylic acids is 1. The predicted octanol–water partition coefficient (Wildman–Crippen LogP) is 1.39. The lowest BCUT2D eigenvalue weighted by molar-refractivity contribution is -0.121. The molecule has 88 valence electrons. The van der Waals surface area contributed by atoms with E-state index >= 15 is 0 Å². The molecule has 0 saturated carbocycles. The van der Waals surface area contributed by atoms with E-state index in [9.17, 15) is 4.79 Å². The Bertz CT molecular complexity index is 334. The van der Waals surface area contributed by atoms with E-state index in [2.05, 4.69) is 18.2 Å². The number of hydrogen-bond acceptors (Lipinski definition) is 3. The summed E-state index contributed by atoms with van der Waals surface area (Å²) in [6.07, 6.45) is 1.35. The van der Waals surface area contributed by atoms with Crippen molar-refractivity contribution < 1.29 is 9.53 Å². The van der Waals surface area contributed by atoms with Gasteiger partial charge in [0.2, 0.25) is 11.8 Å². The smallest absolute Gasteiger partial charge is 0.246 e. The fourth-order valence-corrected chi connectivity index (χ4v) is 1.26. The molecular weight excluding hydrogens is 204 g/mol. The molecule has 0 aromatic heterocycles. The first-order valence-electron chi connectivity index (χ1n) is 5.32. The van der Waals surface area contributed by atoms with Crippen LogP contribution in [0.25, 0.3) is 0 Å². The summed E-state index contributed by atoms with van der Waals surface area (Å²) in [7, 11) is 0. The summed E-state index contributed by atoms with van der Waals surface area (Å²) in [6.45, 7) is 13.4. The van der Waals surface area contributed by atoms with Crippen molar-refractivity contribution in [3.05, 3.63) is 24.8 Å². The Balaban J connectivity index is 0.000000160.